The van der Waals surface area contributed by atoms with Gasteiger partial charge >= 0.3 is 0 Å². The number of carbonyl (C=O) groups excluding carboxylic acids is 2. The summed E-state index contributed by atoms with van der Waals surface area (Å²) in [6.07, 6.45) is 3.30. The highest BCUT2D eigenvalue weighted by Gasteiger charge is 2.16. The fourth-order valence-electron chi connectivity index (χ4n) is 2.84. The van der Waals surface area contributed by atoms with Crippen LogP contribution in [0.3, 0.4) is 0 Å². The zero-order valence-electron chi connectivity index (χ0n) is 14.4. The van der Waals surface area contributed by atoms with E-state index < -0.39 is 0 Å². The molecule has 0 atom stereocenters. The summed E-state index contributed by atoms with van der Waals surface area (Å²) in [7, 11) is 0. The molecule has 26 heavy (non-hydrogen) atoms. The predicted octanol–water partition coefficient (Wildman–Crippen LogP) is 3.98. The van der Waals surface area contributed by atoms with Crippen molar-refractivity contribution in [2.24, 2.45) is 0 Å². The molecule has 0 bridgehead atoms. The summed E-state index contributed by atoms with van der Waals surface area (Å²) >= 11 is 6.05. The van der Waals surface area contributed by atoms with Crippen LogP contribution in [0.2, 0.25) is 5.02 Å². The van der Waals surface area contributed by atoms with E-state index in [1.165, 1.54) is 6.42 Å². The summed E-state index contributed by atoms with van der Waals surface area (Å²) in [5.74, 6) is 0.309. The first-order valence-corrected chi connectivity index (χ1v) is 9.08. The van der Waals surface area contributed by atoms with Crippen LogP contribution in [0, 0.1) is 0 Å². The lowest BCUT2D eigenvalue weighted by Gasteiger charge is -2.26. The van der Waals surface area contributed by atoms with Crippen LogP contribution in [-0.4, -0.2) is 36.4 Å². The van der Waals surface area contributed by atoms with Gasteiger partial charge in [-0.25, -0.2) is 0 Å². The number of para-hydroxylation sites is 1. The Balaban J connectivity index is 1.53. The molecule has 2 amide bonds. The Morgan fingerprint density at radius 2 is 1.69 bits per heavy atom. The molecule has 1 fully saturated rings. The van der Waals surface area contributed by atoms with Gasteiger partial charge < -0.3 is 15.0 Å². The van der Waals surface area contributed by atoms with Gasteiger partial charge in [-0.15, -0.1) is 0 Å². The van der Waals surface area contributed by atoms with E-state index in [2.05, 4.69) is 5.32 Å². The first-order valence-electron chi connectivity index (χ1n) is 8.70. The molecule has 3 rings (SSSR count). The molecule has 0 aliphatic carbocycles. The molecule has 0 unspecified atom stereocenters. The lowest BCUT2D eigenvalue weighted by atomic mass is 10.1. The molecule has 6 heteroatoms. The highest BCUT2D eigenvalue weighted by molar-refractivity contribution is 6.33. The van der Waals surface area contributed by atoms with Gasteiger partial charge in [0.2, 0.25) is 0 Å². The summed E-state index contributed by atoms with van der Waals surface area (Å²) in [4.78, 5) is 26.2. The van der Waals surface area contributed by atoms with E-state index in [-0.39, 0.29) is 18.4 Å². The lowest BCUT2D eigenvalue weighted by Crippen LogP contribution is -2.38. The summed E-state index contributed by atoms with van der Waals surface area (Å²) < 4.78 is 5.55. The number of amides is 2. The minimum absolute atomic E-state index is 0.00485. The smallest absolute Gasteiger partial charge is 0.260 e. The number of nitrogens with one attached hydrogen (secondary N) is 1. The number of anilines is 1. The molecular formula is C20H21ClN2O3. The number of carbonyl (C=O) groups is 2. The third kappa shape index (κ3) is 4.76. The Hall–Kier alpha value is -2.53. The van der Waals surface area contributed by atoms with Crippen molar-refractivity contribution in [3.8, 4) is 5.75 Å². The van der Waals surface area contributed by atoms with Crippen molar-refractivity contribution in [3.63, 3.8) is 0 Å². The molecule has 5 nitrogen and oxygen atoms in total. The third-order valence-electron chi connectivity index (χ3n) is 4.31. The maximum Gasteiger partial charge on any atom is 0.260 e. The SMILES string of the molecule is O=C(Nc1ccccc1Cl)c1ccc(OCC(=O)N2CCCCC2)cc1. The van der Waals surface area contributed by atoms with Crippen molar-refractivity contribution in [3.05, 3.63) is 59.1 Å². The summed E-state index contributed by atoms with van der Waals surface area (Å²) in [5.41, 5.74) is 1.05. The van der Waals surface area contributed by atoms with Crippen molar-refractivity contribution in [2.75, 3.05) is 25.0 Å². The predicted molar refractivity (Wildman–Crippen MR) is 102 cm³/mol. The van der Waals surface area contributed by atoms with Gasteiger partial charge in [-0.05, 0) is 55.7 Å². The zero-order chi connectivity index (χ0) is 18.4. The maximum atomic E-state index is 12.3. The van der Waals surface area contributed by atoms with Crippen LogP contribution in [0.4, 0.5) is 5.69 Å². The monoisotopic (exact) mass is 372 g/mol. The summed E-state index contributed by atoms with van der Waals surface area (Å²) in [5, 5.41) is 3.25. The van der Waals surface area contributed by atoms with Gasteiger partial charge in [-0.3, -0.25) is 9.59 Å². The van der Waals surface area contributed by atoms with Gasteiger partial charge in [-0.2, -0.15) is 0 Å². The first-order chi connectivity index (χ1) is 12.6. The van der Waals surface area contributed by atoms with Crippen molar-refractivity contribution in [1.82, 2.24) is 4.90 Å². The van der Waals surface area contributed by atoms with Gasteiger partial charge in [-0.1, -0.05) is 23.7 Å². The molecular weight excluding hydrogens is 352 g/mol. The molecule has 0 aromatic heterocycles. The average Bonchev–Trinajstić information content (AvgIpc) is 2.69. The van der Waals surface area contributed by atoms with E-state index in [1.807, 2.05) is 4.90 Å². The van der Waals surface area contributed by atoms with E-state index in [4.69, 9.17) is 16.3 Å². The Kier molecular flexibility index (Phi) is 6.12. The van der Waals surface area contributed by atoms with Crippen LogP contribution >= 0.6 is 11.6 Å². The largest absolute Gasteiger partial charge is 0.484 e. The van der Waals surface area contributed by atoms with Crippen LogP contribution in [0.1, 0.15) is 29.6 Å². The Morgan fingerprint density at radius 1 is 1.00 bits per heavy atom. The van der Waals surface area contributed by atoms with Crippen molar-refractivity contribution in [2.45, 2.75) is 19.3 Å². The van der Waals surface area contributed by atoms with Gasteiger partial charge in [0, 0.05) is 18.7 Å². The van der Waals surface area contributed by atoms with Gasteiger partial charge in [0.05, 0.1) is 10.7 Å². The molecule has 1 aliphatic rings. The fourth-order valence-corrected chi connectivity index (χ4v) is 3.02. The molecule has 1 N–H and O–H groups in total. The fraction of sp³-hybridized carbons (Fsp3) is 0.300. The second kappa shape index (κ2) is 8.72. The lowest BCUT2D eigenvalue weighted by molar-refractivity contribution is -0.134. The number of ether oxygens (including phenoxy) is 1. The van der Waals surface area contributed by atoms with Gasteiger partial charge in [0.1, 0.15) is 5.75 Å². The molecule has 136 valence electrons. The minimum Gasteiger partial charge on any atom is -0.484 e. The van der Waals surface area contributed by atoms with E-state index in [1.54, 1.807) is 48.5 Å². The van der Waals surface area contributed by atoms with E-state index in [9.17, 15) is 9.59 Å². The Labute approximate surface area is 157 Å². The Bertz CT molecular complexity index is 771. The van der Waals surface area contributed by atoms with Crippen LogP contribution in [0.15, 0.2) is 48.5 Å². The standard InChI is InChI=1S/C20H21ClN2O3/c21-17-6-2-3-7-18(17)22-20(25)15-8-10-16(11-9-15)26-14-19(24)23-12-4-1-5-13-23/h2-3,6-11H,1,4-5,12-14H2,(H,22,25). The van der Waals surface area contributed by atoms with Gasteiger partial charge in [0.25, 0.3) is 11.8 Å². The summed E-state index contributed by atoms with van der Waals surface area (Å²) in [6.45, 7) is 1.64. The number of hydrogen-bond donors (Lipinski definition) is 1. The molecule has 0 radical (unpaired) electrons. The molecule has 0 saturated carbocycles. The molecule has 1 aliphatic heterocycles. The molecule has 2 aromatic rings. The highest BCUT2D eigenvalue weighted by Crippen LogP contribution is 2.21. The third-order valence-corrected chi connectivity index (χ3v) is 4.64. The number of likely N-dealkylation sites (tertiary alicyclic amines) is 1. The number of piperidine rings is 1. The normalized spacial score (nSPS) is 14.0. The number of hydrogen-bond acceptors (Lipinski definition) is 3. The Morgan fingerprint density at radius 3 is 2.38 bits per heavy atom. The van der Waals surface area contributed by atoms with Crippen molar-refractivity contribution >= 4 is 29.1 Å². The molecule has 0 spiro atoms. The number of benzene rings is 2. The number of halogens is 1. The quantitative estimate of drug-likeness (QED) is 0.863. The number of rotatable bonds is 5. The maximum absolute atomic E-state index is 12.3. The molecule has 1 heterocycles. The highest BCUT2D eigenvalue weighted by atomic mass is 35.5. The summed E-state index contributed by atoms with van der Waals surface area (Å²) in [6, 6.07) is 13.8. The number of nitrogens with zero attached hydrogens (tertiary/aromatic N) is 1. The van der Waals surface area contributed by atoms with Crippen LogP contribution in [-0.2, 0) is 4.79 Å². The van der Waals surface area contributed by atoms with Crippen LogP contribution < -0.4 is 10.1 Å². The van der Waals surface area contributed by atoms with E-state index in [0.29, 0.717) is 22.0 Å². The average molecular weight is 373 g/mol. The van der Waals surface area contributed by atoms with E-state index in [0.717, 1.165) is 25.9 Å². The zero-order valence-corrected chi connectivity index (χ0v) is 15.2. The second-order valence-electron chi connectivity index (χ2n) is 6.19. The second-order valence-corrected chi connectivity index (χ2v) is 6.60. The first kappa shape index (κ1) is 18.3. The molecule has 2 aromatic carbocycles. The van der Waals surface area contributed by atoms with Crippen LogP contribution in [0.5, 0.6) is 5.75 Å². The van der Waals surface area contributed by atoms with Crippen molar-refractivity contribution < 1.29 is 14.3 Å². The molecule has 1 saturated heterocycles. The van der Waals surface area contributed by atoms with Crippen LogP contribution in [0.25, 0.3) is 0 Å². The van der Waals surface area contributed by atoms with Gasteiger partial charge in [0.15, 0.2) is 6.61 Å². The van der Waals surface area contributed by atoms with E-state index >= 15 is 0 Å². The topological polar surface area (TPSA) is 58.6 Å². The van der Waals surface area contributed by atoms with Crippen molar-refractivity contribution in [1.29, 1.82) is 0 Å². The minimum atomic E-state index is -0.256.